The molecule has 0 aliphatic heterocycles. The van der Waals surface area contributed by atoms with Crippen molar-refractivity contribution in [1.29, 1.82) is 0 Å². The van der Waals surface area contributed by atoms with Crippen molar-refractivity contribution in [3.8, 4) is 0 Å². The van der Waals surface area contributed by atoms with Crippen LogP contribution < -0.4 is 10.8 Å². The predicted molar refractivity (Wildman–Crippen MR) is 69.7 cm³/mol. The maximum Gasteiger partial charge on any atom is 0.269 e. The Kier molecular flexibility index (Phi) is 5.85. The average Bonchev–Trinajstić information content (AvgIpc) is 2.45. The van der Waals surface area contributed by atoms with Gasteiger partial charge in [0.05, 0.1) is 4.92 Å². The molecule has 20 heavy (non-hydrogen) atoms. The Labute approximate surface area is 114 Å². The number of rotatable bonds is 6. The van der Waals surface area contributed by atoms with Gasteiger partial charge >= 0.3 is 0 Å². The predicted octanol–water partition coefficient (Wildman–Crippen LogP) is 0.620. The number of hydrogen-bond donors (Lipinski definition) is 3. The first-order valence-corrected chi connectivity index (χ1v) is 5.66. The van der Waals surface area contributed by atoms with Crippen molar-refractivity contribution in [1.82, 2.24) is 10.8 Å². The van der Waals surface area contributed by atoms with Crippen molar-refractivity contribution in [3.63, 3.8) is 0 Å². The van der Waals surface area contributed by atoms with E-state index in [2.05, 4.69) is 5.32 Å². The molecule has 0 saturated carbocycles. The van der Waals surface area contributed by atoms with Crippen LogP contribution in [0.25, 0.3) is 6.08 Å². The van der Waals surface area contributed by atoms with Crippen molar-refractivity contribution in [2.45, 2.75) is 6.42 Å². The standard InChI is InChI=1S/C12H13N3O5/c16-11(13-8-7-12(17)14-18)6-3-9-1-4-10(5-2-9)15(19)20/h1-6,18H,7-8H2,(H,13,16)(H,14,17). The lowest BCUT2D eigenvalue weighted by molar-refractivity contribution is -0.384. The Balaban J connectivity index is 2.44. The molecule has 0 unspecified atom stereocenters. The van der Waals surface area contributed by atoms with Crippen LogP contribution in [0.5, 0.6) is 0 Å². The number of nitro groups is 1. The Hall–Kier alpha value is -2.74. The van der Waals surface area contributed by atoms with Gasteiger partial charge in [-0.2, -0.15) is 0 Å². The highest BCUT2D eigenvalue weighted by molar-refractivity contribution is 5.92. The van der Waals surface area contributed by atoms with Gasteiger partial charge in [0, 0.05) is 31.2 Å². The largest absolute Gasteiger partial charge is 0.352 e. The Morgan fingerprint density at radius 3 is 2.50 bits per heavy atom. The molecule has 0 bridgehead atoms. The molecule has 2 amide bonds. The molecule has 0 spiro atoms. The average molecular weight is 279 g/mol. The Bertz CT molecular complexity index is 524. The summed E-state index contributed by atoms with van der Waals surface area (Å²) in [5, 5.41) is 21.1. The summed E-state index contributed by atoms with van der Waals surface area (Å²) >= 11 is 0. The van der Waals surface area contributed by atoms with Crippen LogP contribution in [0.2, 0.25) is 0 Å². The smallest absolute Gasteiger partial charge is 0.269 e. The minimum absolute atomic E-state index is 0.0263. The molecule has 8 heteroatoms. The number of hydroxylamine groups is 1. The van der Waals surface area contributed by atoms with Gasteiger partial charge in [0.1, 0.15) is 0 Å². The normalized spacial score (nSPS) is 10.2. The van der Waals surface area contributed by atoms with E-state index in [1.54, 1.807) is 0 Å². The number of carbonyl (C=O) groups is 2. The van der Waals surface area contributed by atoms with Gasteiger partial charge in [-0.3, -0.25) is 24.9 Å². The summed E-state index contributed by atoms with van der Waals surface area (Å²) in [5.41, 5.74) is 2.06. The number of nitrogens with zero attached hydrogens (tertiary/aromatic N) is 1. The number of nitro benzene ring substituents is 1. The summed E-state index contributed by atoms with van der Waals surface area (Å²) in [6, 6.07) is 5.70. The summed E-state index contributed by atoms with van der Waals surface area (Å²) in [7, 11) is 0. The maximum absolute atomic E-state index is 11.4. The highest BCUT2D eigenvalue weighted by Crippen LogP contribution is 2.12. The second-order valence-electron chi connectivity index (χ2n) is 3.76. The van der Waals surface area contributed by atoms with Gasteiger partial charge in [-0.15, -0.1) is 0 Å². The van der Waals surface area contributed by atoms with Crippen LogP contribution in [-0.2, 0) is 9.59 Å². The van der Waals surface area contributed by atoms with Gasteiger partial charge in [-0.05, 0) is 23.8 Å². The quantitative estimate of drug-likeness (QED) is 0.305. The van der Waals surface area contributed by atoms with Crippen molar-refractivity contribution >= 4 is 23.6 Å². The van der Waals surface area contributed by atoms with E-state index >= 15 is 0 Å². The molecule has 0 aliphatic carbocycles. The van der Waals surface area contributed by atoms with Crippen molar-refractivity contribution in [2.24, 2.45) is 0 Å². The van der Waals surface area contributed by atoms with E-state index in [1.165, 1.54) is 41.9 Å². The van der Waals surface area contributed by atoms with Crippen LogP contribution in [0.1, 0.15) is 12.0 Å². The second-order valence-corrected chi connectivity index (χ2v) is 3.76. The number of nitrogens with one attached hydrogen (secondary N) is 2. The minimum atomic E-state index is -0.593. The van der Waals surface area contributed by atoms with E-state index in [-0.39, 0.29) is 18.7 Å². The third kappa shape index (κ3) is 5.27. The van der Waals surface area contributed by atoms with Crippen LogP contribution in [0.4, 0.5) is 5.69 Å². The molecule has 3 N–H and O–H groups in total. The number of carbonyl (C=O) groups excluding carboxylic acids is 2. The lowest BCUT2D eigenvalue weighted by Crippen LogP contribution is -2.28. The second kappa shape index (κ2) is 7.64. The van der Waals surface area contributed by atoms with Gasteiger partial charge in [0.25, 0.3) is 5.69 Å². The molecule has 0 atom stereocenters. The van der Waals surface area contributed by atoms with Crippen LogP contribution in [0.15, 0.2) is 30.3 Å². The SMILES string of the molecule is O=C(C=Cc1ccc([N+](=O)[O-])cc1)NCCC(=O)NO. The van der Waals surface area contributed by atoms with E-state index in [0.29, 0.717) is 5.56 Å². The third-order valence-electron chi connectivity index (χ3n) is 2.31. The first-order chi connectivity index (χ1) is 9.52. The zero-order chi connectivity index (χ0) is 15.0. The number of amides is 2. The van der Waals surface area contributed by atoms with E-state index in [1.807, 2.05) is 0 Å². The van der Waals surface area contributed by atoms with Gasteiger partial charge < -0.3 is 5.32 Å². The molecule has 106 valence electrons. The first kappa shape index (κ1) is 15.3. The van der Waals surface area contributed by atoms with Crippen molar-refractivity contribution in [2.75, 3.05) is 6.54 Å². The fourth-order valence-corrected chi connectivity index (χ4v) is 1.29. The monoisotopic (exact) mass is 279 g/mol. The molecule has 1 rings (SSSR count). The molecular weight excluding hydrogens is 266 g/mol. The lowest BCUT2D eigenvalue weighted by atomic mass is 10.2. The number of non-ortho nitro benzene ring substituents is 1. The lowest BCUT2D eigenvalue weighted by Gasteiger charge is -2.00. The molecule has 0 heterocycles. The third-order valence-corrected chi connectivity index (χ3v) is 2.31. The molecule has 0 radical (unpaired) electrons. The topological polar surface area (TPSA) is 122 Å². The van der Waals surface area contributed by atoms with Gasteiger partial charge in [-0.1, -0.05) is 0 Å². The zero-order valence-corrected chi connectivity index (χ0v) is 10.4. The molecular formula is C12H13N3O5. The minimum Gasteiger partial charge on any atom is -0.352 e. The molecule has 1 aromatic carbocycles. The summed E-state index contributed by atoms with van der Waals surface area (Å²) in [6.07, 6.45) is 2.71. The van der Waals surface area contributed by atoms with Crippen LogP contribution in [0, 0.1) is 10.1 Å². The fourth-order valence-electron chi connectivity index (χ4n) is 1.29. The Morgan fingerprint density at radius 1 is 1.30 bits per heavy atom. The van der Waals surface area contributed by atoms with E-state index in [0.717, 1.165) is 0 Å². The van der Waals surface area contributed by atoms with Crippen molar-refractivity contribution < 1.29 is 19.7 Å². The summed E-state index contributed by atoms with van der Waals surface area (Å²) in [6.45, 7) is 0.0931. The molecule has 8 nitrogen and oxygen atoms in total. The number of benzene rings is 1. The van der Waals surface area contributed by atoms with Crippen LogP contribution in [0.3, 0.4) is 0 Å². The highest BCUT2D eigenvalue weighted by Gasteiger charge is 2.03. The number of hydrogen-bond acceptors (Lipinski definition) is 5. The molecule has 0 aliphatic rings. The van der Waals surface area contributed by atoms with E-state index in [9.17, 15) is 19.7 Å². The summed E-state index contributed by atoms with van der Waals surface area (Å²) < 4.78 is 0. The fraction of sp³-hybridized carbons (Fsp3) is 0.167. The molecule has 0 saturated heterocycles. The zero-order valence-electron chi connectivity index (χ0n) is 10.4. The van der Waals surface area contributed by atoms with Crippen molar-refractivity contribution in [3.05, 3.63) is 46.0 Å². The van der Waals surface area contributed by atoms with Gasteiger partial charge in [0.15, 0.2) is 0 Å². The molecule has 1 aromatic rings. The summed E-state index contributed by atoms with van der Waals surface area (Å²) in [5.74, 6) is -1.00. The van der Waals surface area contributed by atoms with Gasteiger partial charge in [0.2, 0.25) is 11.8 Å². The first-order valence-electron chi connectivity index (χ1n) is 5.66. The van der Waals surface area contributed by atoms with E-state index in [4.69, 9.17) is 5.21 Å². The van der Waals surface area contributed by atoms with Crippen LogP contribution >= 0.6 is 0 Å². The van der Waals surface area contributed by atoms with E-state index < -0.39 is 16.7 Å². The van der Waals surface area contributed by atoms with Crippen LogP contribution in [-0.4, -0.2) is 28.5 Å². The Morgan fingerprint density at radius 2 is 1.95 bits per heavy atom. The molecule has 0 aromatic heterocycles. The maximum atomic E-state index is 11.4. The van der Waals surface area contributed by atoms with Gasteiger partial charge in [-0.25, -0.2) is 5.48 Å². The highest BCUT2D eigenvalue weighted by atomic mass is 16.6. The summed E-state index contributed by atoms with van der Waals surface area (Å²) in [4.78, 5) is 32.0. The molecule has 0 fully saturated rings.